The molecule has 0 aliphatic carbocycles. The van der Waals surface area contributed by atoms with Gasteiger partial charge in [0.2, 0.25) is 0 Å². The molecule has 0 unspecified atom stereocenters. The van der Waals surface area contributed by atoms with Crippen LogP contribution in [-0.4, -0.2) is 48.2 Å². The number of rotatable bonds is 3. The third kappa shape index (κ3) is 3.83. The number of benzene rings is 2. The van der Waals surface area contributed by atoms with Crippen molar-refractivity contribution in [2.75, 3.05) is 31.7 Å². The van der Waals surface area contributed by atoms with Crippen LogP contribution < -0.4 is 10.2 Å². The lowest BCUT2D eigenvalue weighted by atomic mass is 10.1. The van der Waals surface area contributed by atoms with Gasteiger partial charge in [0.1, 0.15) is 0 Å². The first kappa shape index (κ1) is 22.0. The maximum Gasteiger partial charge on any atom is 0.261 e. The van der Waals surface area contributed by atoms with Crippen molar-refractivity contribution in [1.29, 1.82) is 0 Å². The summed E-state index contributed by atoms with van der Waals surface area (Å²) in [4.78, 5) is 34.2. The van der Waals surface area contributed by atoms with Crippen molar-refractivity contribution in [3.8, 4) is 10.4 Å². The predicted molar refractivity (Wildman–Crippen MR) is 137 cm³/mol. The van der Waals surface area contributed by atoms with E-state index in [-0.39, 0.29) is 11.8 Å². The zero-order valence-corrected chi connectivity index (χ0v) is 20.3. The number of anilines is 1. The summed E-state index contributed by atoms with van der Waals surface area (Å²) in [6.45, 7) is 2.08. The fraction of sp³-hybridized carbons (Fsp3) is 0.296. The standard InChI is InChI=1S/C27H26N4O3S/c1-28-26(32)24-15-17-8-11-30(22-5-3-2-4-20(22)25(17)35-24)27(33)18-6-7-23-21(14-18)29-16-31(23)19-9-12-34-13-10-19/h2-7,14-16,19H,8-13H2,1H3,(H,28,32). The molecule has 35 heavy (non-hydrogen) atoms. The van der Waals surface area contributed by atoms with Gasteiger partial charge in [-0.25, -0.2) is 4.98 Å². The maximum atomic E-state index is 13.8. The van der Waals surface area contributed by atoms with Crippen LogP contribution in [0, 0.1) is 0 Å². The number of amides is 2. The summed E-state index contributed by atoms with van der Waals surface area (Å²) >= 11 is 1.48. The Bertz CT molecular complexity index is 1430. The molecule has 6 rings (SSSR count). The molecule has 1 N–H and O–H groups in total. The van der Waals surface area contributed by atoms with E-state index >= 15 is 0 Å². The van der Waals surface area contributed by atoms with Crippen LogP contribution in [0.25, 0.3) is 21.5 Å². The van der Waals surface area contributed by atoms with Crippen LogP contribution in [0.1, 0.15) is 44.5 Å². The minimum Gasteiger partial charge on any atom is -0.381 e. The fourth-order valence-electron chi connectivity index (χ4n) is 5.12. The quantitative estimate of drug-likeness (QED) is 0.456. The number of imidazole rings is 1. The highest BCUT2D eigenvalue weighted by atomic mass is 32.1. The van der Waals surface area contributed by atoms with E-state index < -0.39 is 0 Å². The van der Waals surface area contributed by atoms with E-state index in [0.29, 0.717) is 29.4 Å². The molecule has 178 valence electrons. The molecule has 0 atom stereocenters. The Morgan fingerprint density at radius 2 is 1.94 bits per heavy atom. The largest absolute Gasteiger partial charge is 0.381 e. The lowest BCUT2D eigenvalue weighted by molar-refractivity contribution is 0.0706. The molecule has 8 heteroatoms. The Labute approximate surface area is 207 Å². The minimum atomic E-state index is -0.0815. The van der Waals surface area contributed by atoms with Gasteiger partial charge in [-0.05, 0) is 55.2 Å². The van der Waals surface area contributed by atoms with E-state index in [1.54, 1.807) is 7.05 Å². The number of carbonyl (C=O) groups excluding carboxylic acids is 2. The average Bonchev–Trinajstić information content (AvgIpc) is 3.49. The first-order valence-electron chi connectivity index (χ1n) is 11.9. The Morgan fingerprint density at radius 3 is 2.77 bits per heavy atom. The van der Waals surface area contributed by atoms with E-state index in [4.69, 9.17) is 4.74 Å². The third-order valence-electron chi connectivity index (χ3n) is 6.96. The molecule has 2 aliphatic heterocycles. The summed E-state index contributed by atoms with van der Waals surface area (Å²) in [5.74, 6) is -0.122. The summed E-state index contributed by atoms with van der Waals surface area (Å²) in [5.41, 5.74) is 5.46. The summed E-state index contributed by atoms with van der Waals surface area (Å²) in [6, 6.07) is 16.1. The van der Waals surface area contributed by atoms with Crippen LogP contribution in [-0.2, 0) is 11.2 Å². The maximum absolute atomic E-state index is 13.8. The lowest BCUT2D eigenvalue weighted by Gasteiger charge is -2.24. The van der Waals surface area contributed by atoms with Crippen molar-refractivity contribution in [1.82, 2.24) is 14.9 Å². The van der Waals surface area contributed by atoms with Gasteiger partial charge >= 0.3 is 0 Å². The summed E-state index contributed by atoms with van der Waals surface area (Å²) in [5, 5.41) is 2.71. The number of fused-ring (bicyclic) bond motifs is 4. The number of para-hydroxylation sites is 1. The molecule has 2 amide bonds. The molecule has 4 heterocycles. The van der Waals surface area contributed by atoms with E-state index in [1.807, 2.05) is 59.8 Å². The SMILES string of the molecule is CNC(=O)c1cc2c(s1)-c1ccccc1N(C(=O)c1ccc3c(c1)ncn3C1CCOCC1)CC2. The normalized spacial score (nSPS) is 16.0. The molecule has 0 saturated carbocycles. The molecule has 7 nitrogen and oxygen atoms in total. The zero-order chi connectivity index (χ0) is 23.9. The highest BCUT2D eigenvalue weighted by molar-refractivity contribution is 7.17. The topological polar surface area (TPSA) is 76.5 Å². The molecule has 0 radical (unpaired) electrons. The average molecular weight is 487 g/mol. The molecular weight excluding hydrogens is 460 g/mol. The van der Waals surface area contributed by atoms with Gasteiger partial charge in [-0.15, -0.1) is 11.3 Å². The second-order valence-corrected chi connectivity index (χ2v) is 10.0. The van der Waals surface area contributed by atoms with Crippen LogP contribution in [0.3, 0.4) is 0 Å². The number of nitrogens with one attached hydrogen (secondary N) is 1. The molecule has 4 aromatic rings. The van der Waals surface area contributed by atoms with Crippen LogP contribution in [0.2, 0.25) is 0 Å². The molecule has 1 saturated heterocycles. The number of nitrogens with zero attached hydrogens (tertiary/aromatic N) is 3. The van der Waals surface area contributed by atoms with Gasteiger partial charge in [0.05, 0.1) is 27.9 Å². The van der Waals surface area contributed by atoms with Gasteiger partial charge in [0.15, 0.2) is 0 Å². The van der Waals surface area contributed by atoms with Crippen LogP contribution in [0.15, 0.2) is 54.9 Å². The summed E-state index contributed by atoms with van der Waals surface area (Å²) in [6.07, 6.45) is 4.52. The molecule has 0 bridgehead atoms. The van der Waals surface area contributed by atoms with Crippen LogP contribution >= 0.6 is 11.3 Å². The minimum absolute atomic E-state index is 0.0401. The number of hydrogen-bond donors (Lipinski definition) is 1. The van der Waals surface area contributed by atoms with Gasteiger partial charge in [-0.2, -0.15) is 0 Å². The van der Waals surface area contributed by atoms with Gasteiger partial charge in [0.25, 0.3) is 11.8 Å². The van der Waals surface area contributed by atoms with E-state index in [9.17, 15) is 9.59 Å². The number of ether oxygens (including phenoxy) is 1. The fourth-order valence-corrected chi connectivity index (χ4v) is 6.31. The predicted octanol–water partition coefficient (Wildman–Crippen LogP) is 4.68. The third-order valence-corrected chi connectivity index (χ3v) is 8.16. The Kier molecular flexibility index (Phi) is 5.62. The number of thiophene rings is 1. The Hall–Kier alpha value is -3.49. The van der Waals surface area contributed by atoms with Gasteiger partial charge < -0.3 is 19.5 Å². The monoisotopic (exact) mass is 486 g/mol. The second-order valence-electron chi connectivity index (χ2n) is 8.97. The van der Waals surface area contributed by atoms with Gasteiger partial charge in [-0.3, -0.25) is 9.59 Å². The molecule has 2 aromatic heterocycles. The van der Waals surface area contributed by atoms with Crippen molar-refractivity contribution in [3.05, 3.63) is 70.9 Å². The van der Waals surface area contributed by atoms with Crippen molar-refractivity contribution in [3.63, 3.8) is 0 Å². The lowest BCUT2D eigenvalue weighted by Crippen LogP contribution is -2.32. The smallest absolute Gasteiger partial charge is 0.261 e. The highest BCUT2D eigenvalue weighted by Crippen LogP contribution is 2.42. The molecule has 2 aromatic carbocycles. The summed E-state index contributed by atoms with van der Waals surface area (Å²) in [7, 11) is 1.64. The van der Waals surface area contributed by atoms with Crippen molar-refractivity contribution < 1.29 is 14.3 Å². The van der Waals surface area contributed by atoms with Crippen molar-refractivity contribution in [2.45, 2.75) is 25.3 Å². The first-order chi connectivity index (χ1) is 17.1. The number of hydrogen-bond acceptors (Lipinski definition) is 5. The molecular formula is C27H26N4O3S. The van der Waals surface area contributed by atoms with Crippen molar-refractivity contribution >= 4 is 39.9 Å². The first-order valence-corrected chi connectivity index (χ1v) is 12.8. The van der Waals surface area contributed by atoms with E-state index in [2.05, 4.69) is 14.9 Å². The Morgan fingerprint density at radius 1 is 1.11 bits per heavy atom. The molecule has 1 fully saturated rings. The highest BCUT2D eigenvalue weighted by Gasteiger charge is 2.28. The molecule has 0 spiro atoms. The van der Waals surface area contributed by atoms with Crippen LogP contribution in [0.4, 0.5) is 5.69 Å². The zero-order valence-electron chi connectivity index (χ0n) is 19.5. The number of carbonyl (C=O) groups is 2. The van der Waals surface area contributed by atoms with E-state index in [1.165, 1.54) is 11.3 Å². The van der Waals surface area contributed by atoms with Gasteiger partial charge in [-0.1, -0.05) is 18.2 Å². The second kappa shape index (κ2) is 8.94. The van der Waals surface area contributed by atoms with E-state index in [0.717, 1.165) is 58.8 Å². The number of aromatic nitrogens is 2. The molecule has 2 aliphatic rings. The van der Waals surface area contributed by atoms with Crippen LogP contribution in [0.5, 0.6) is 0 Å². The Balaban J connectivity index is 1.34. The van der Waals surface area contributed by atoms with Gasteiger partial charge in [0, 0.05) is 48.9 Å². The van der Waals surface area contributed by atoms with Crippen molar-refractivity contribution in [2.24, 2.45) is 0 Å². The summed E-state index contributed by atoms with van der Waals surface area (Å²) < 4.78 is 7.72.